The topological polar surface area (TPSA) is 105 Å². The van der Waals surface area contributed by atoms with Gasteiger partial charge in [0.2, 0.25) is 0 Å². The van der Waals surface area contributed by atoms with Gasteiger partial charge < -0.3 is 19.5 Å². The average Bonchev–Trinajstić information content (AvgIpc) is 3.26. The molecule has 0 amide bonds. The third-order valence-electron chi connectivity index (χ3n) is 8.25. The molecule has 4 aliphatic carbocycles. The van der Waals surface area contributed by atoms with Crippen molar-refractivity contribution in [3.05, 3.63) is 42.4 Å². The second-order valence-electron chi connectivity index (χ2n) is 9.93. The van der Waals surface area contributed by atoms with Crippen LogP contribution >= 0.6 is 7.82 Å². The van der Waals surface area contributed by atoms with Gasteiger partial charge in [0.05, 0.1) is 36.5 Å². The predicted molar refractivity (Wildman–Crippen MR) is 109 cm³/mol. The van der Waals surface area contributed by atoms with Crippen LogP contribution in [0.4, 0.5) is 0 Å². The fourth-order valence-electron chi connectivity index (χ4n) is 7.40. The van der Waals surface area contributed by atoms with Crippen molar-refractivity contribution >= 4 is 7.82 Å². The van der Waals surface area contributed by atoms with Crippen molar-refractivity contribution < 1.29 is 24.0 Å². The maximum absolute atomic E-state index is 12.0. The van der Waals surface area contributed by atoms with Crippen LogP contribution in [0.3, 0.4) is 0 Å². The molecule has 0 spiro atoms. The largest absolute Gasteiger partial charge is 0.469 e. The molecule has 1 aromatic carbocycles. The Morgan fingerprint density at radius 3 is 2.67 bits per heavy atom. The predicted octanol–water partition coefficient (Wildman–Crippen LogP) is 3.51. The van der Waals surface area contributed by atoms with Gasteiger partial charge in [0.25, 0.3) is 0 Å². The summed E-state index contributed by atoms with van der Waals surface area (Å²) in [4.78, 5) is 23.9. The zero-order chi connectivity index (χ0) is 20.7. The number of imidazole rings is 1. The maximum Gasteiger partial charge on any atom is 0.469 e. The normalized spacial score (nSPS) is 37.2. The first kappa shape index (κ1) is 19.2. The van der Waals surface area contributed by atoms with E-state index < -0.39 is 13.9 Å². The zero-order valence-corrected chi connectivity index (χ0v) is 17.6. The third-order valence-corrected chi connectivity index (χ3v) is 8.78. The quantitative estimate of drug-likeness (QED) is 0.627. The summed E-state index contributed by atoms with van der Waals surface area (Å²) >= 11 is 0. The lowest BCUT2D eigenvalue weighted by Crippen LogP contribution is -2.57. The number of phosphoric acid groups is 1. The van der Waals surface area contributed by atoms with E-state index in [-0.39, 0.29) is 29.4 Å². The van der Waals surface area contributed by atoms with E-state index in [9.17, 15) is 19.5 Å². The van der Waals surface area contributed by atoms with Gasteiger partial charge in [-0.05, 0) is 67.3 Å². The first-order valence-electron chi connectivity index (χ1n) is 10.9. The molecule has 1 aliphatic heterocycles. The van der Waals surface area contributed by atoms with Gasteiger partial charge in [-0.25, -0.2) is 9.55 Å². The zero-order valence-electron chi connectivity index (χ0n) is 16.7. The fraction of sp³-hybridized carbons (Fsp3) is 0.591. The number of aromatic nitrogens is 2. The van der Waals surface area contributed by atoms with Crippen LogP contribution in [-0.2, 0) is 9.09 Å². The van der Waals surface area contributed by atoms with Crippen molar-refractivity contribution in [1.82, 2.24) is 9.55 Å². The Labute approximate surface area is 175 Å². The molecule has 2 heterocycles. The molecule has 4 atom stereocenters. The van der Waals surface area contributed by atoms with Gasteiger partial charge in [0.15, 0.2) is 0 Å². The van der Waals surface area contributed by atoms with Crippen LogP contribution in [0.15, 0.2) is 36.8 Å². The number of nitrogens with zero attached hydrogens (tertiary/aromatic N) is 2. The van der Waals surface area contributed by atoms with Crippen LogP contribution in [0.1, 0.15) is 50.1 Å². The Balaban J connectivity index is 1.39. The molecule has 1 aromatic heterocycles. The summed E-state index contributed by atoms with van der Waals surface area (Å²) in [5, 5.41) is 10.7. The molecular weight excluding hydrogens is 403 g/mol. The molecule has 160 valence electrons. The average molecular weight is 430 g/mol. The fourth-order valence-corrected chi connectivity index (χ4v) is 8.04. The number of aliphatic hydroxyl groups is 1. The Kier molecular flexibility index (Phi) is 4.16. The number of rotatable bonds is 5. The monoisotopic (exact) mass is 430 g/mol. The van der Waals surface area contributed by atoms with Crippen molar-refractivity contribution in [3.63, 3.8) is 0 Å². The van der Waals surface area contributed by atoms with Gasteiger partial charge in [-0.1, -0.05) is 24.3 Å². The van der Waals surface area contributed by atoms with Crippen molar-refractivity contribution in [1.29, 1.82) is 0 Å². The number of phosphoric ester groups is 1. The van der Waals surface area contributed by atoms with Crippen molar-refractivity contribution in [2.75, 3.05) is 0 Å². The molecule has 7 nitrogen and oxygen atoms in total. The molecular formula is C22H27N2O5P. The van der Waals surface area contributed by atoms with E-state index in [0.717, 1.165) is 48.9 Å². The minimum Gasteiger partial charge on any atom is -0.393 e. The highest BCUT2D eigenvalue weighted by Gasteiger charge is 2.59. The SMILES string of the molecule is O=P(O)(O)OC(CC1c2ccccc2-c2cncn21)C12CC3CC(C1)C(O)C(C3)C2. The first-order chi connectivity index (χ1) is 14.3. The summed E-state index contributed by atoms with van der Waals surface area (Å²) in [5.41, 5.74) is 3.02. The van der Waals surface area contributed by atoms with E-state index in [2.05, 4.69) is 21.7 Å². The molecule has 5 aliphatic rings. The lowest BCUT2D eigenvalue weighted by molar-refractivity contribution is -0.171. The van der Waals surface area contributed by atoms with Gasteiger partial charge in [0.1, 0.15) is 0 Å². The maximum atomic E-state index is 12.0. The van der Waals surface area contributed by atoms with E-state index in [4.69, 9.17) is 4.52 Å². The van der Waals surface area contributed by atoms with Crippen LogP contribution in [0.25, 0.3) is 11.3 Å². The standard InChI is InChI=1S/C22H27N2O5P/c25-21-14-5-13-6-15(21)10-22(8-13,9-14)20(29-30(26,27)28)7-18-16-3-1-2-4-17(16)19-11-23-12-24(18)19/h1-4,11-15,18,20-21,25H,5-10H2,(H2,26,27,28). The van der Waals surface area contributed by atoms with E-state index in [1.54, 1.807) is 6.33 Å². The minimum atomic E-state index is -4.66. The molecule has 30 heavy (non-hydrogen) atoms. The summed E-state index contributed by atoms with van der Waals surface area (Å²) in [5.74, 6) is 0.964. The molecule has 2 aromatic rings. The van der Waals surface area contributed by atoms with E-state index in [1.165, 1.54) is 0 Å². The number of aliphatic hydroxyl groups excluding tert-OH is 1. The van der Waals surface area contributed by atoms with Crippen molar-refractivity contribution in [2.45, 2.75) is 56.8 Å². The van der Waals surface area contributed by atoms with Gasteiger partial charge >= 0.3 is 7.82 Å². The first-order valence-corrected chi connectivity index (χ1v) is 12.4. The Hall–Kier alpha value is -1.50. The summed E-state index contributed by atoms with van der Waals surface area (Å²) in [6.07, 6.45) is 7.86. The number of hydrogen-bond donors (Lipinski definition) is 3. The number of fused-ring (bicyclic) bond motifs is 3. The van der Waals surface area contributed by atoms with Gasteiger partial charge in [-0.3, -0.25) is 4.52 Å². The number of hydrogen-bond acceptors (Lipinski definition) is 4. The molecule has 0 radical (unpaired) electrons. The summed E-state index contributed by atoms with van der Waals surface area (Å²) in [6.45, 7) is 0. The lowest BCUT2D eigenvalue weighted by Gasteiger charge is -2.61. The van der Waals surface area contributed by atoms with Gasteiger partial charge in [-0.15, -0.1) is 0 Å². The van der Waals surface area contributed by atoms with Gasteiger partial charge in [0, 0.05) is 5.56 Å². The minimum absolute atomic E-state index is 0.0619. The second-order valence-corrected chi connectivity index (χ2v) is 11.1. The van der Waals surface area contributed by atoms with Crippen LogP contribution in [0.2, 0.25) is 0 Å². The van der Waals surface area contributed by atoms with Crippen LogP contribution in [0, 0.1) is 23.2 Å². The molecule has 4 saturated carbocycles. The van der Waals surface area contributed by atoms with Crippen molar-refractivity contribution in [3.8, 4) is 11.3 Å². The van der Waals surface area contributed by atoms with Crippen LogP contribution in [0.5, 0.6) is 0 Å². The molecule has 4 unspecified atom stereocenters. The molecule has 8 heteroatoms. The molecule has 4 fully saturated rings. The van der Waals surface area contributed by atoms with Crippen molar-refractivity contribution in [2.24, 2.45) is 23.2 Å². The van der Waals surface area contributed by atoms with E-state index in [1.807, 2.05) is 18.3 Å². The Morgan fingerprint density at radius 2 is 1.93 bits per heavy atom. The Morgan fingerprint density at radius 1 is 1.20 bits per heavy atom. The van der Waals surface area contributed by atoms with Crippen LogP contribution < -0.4 is 0 Å². The Bertz CT molecular complexity index is 1020. The lowest BCUT2D eigenvalue weighted by atomic mass is 9.47. The number of benzene rings is 1. The van der Waals surface area contributed by atoms with E-state index in [0.29, 0.717) is 12.3 Å². The summed E-state index contributed by atoms with van der Waals surface area (Å²) in [6, 6.07) is 8.11. The third kappa shape index (κ3) is 2.87. The van der Waals surface area contributed by atoms with Gasteiger partial charge in [-0.2, -0.15) is 0 Å². The highest BCUT2D eigenvalue weighted by molar-refractivity contribution is 7.46. The molecule has 0 saturated heterocycles. The van der Waals surface area contributed by atoms with E-state index >= 15 is 0 Å². The molecule has 3 N–H and O–H groups in total. The second kappa shape index (κ2) is 6.50. The highest BCUT2D eigenvalue weighted by atomic mass is 31.2. The molecule has 4 bridgehead atoms. The molecule has 7 rings (SSSR count). The van der Waals surface area contributed by atoms with Crippen LogP contribution in [-0.4, -0.2) is 36.7 Å². The summed E-state index contributed by atoms with van der Waals surface area (Å²) in [7, 11) is -4.66. The smallest absolute Gasteiger partial charge is 0.393 e. The highest BCUT2D eigenvalue weighted by Crippen LogP contribution is 2.64. The summed E-state index contributed by atoms with van der Waals surface area (Å²) < 4.78 is 19.7.